The van der Waals surface area contributed by atoms with Gasteiger partial charge in [-0.25, -0.2) is 0 Å². The highest BCUT2D eigenvalue weighted by atomic mass is 19.4. The minimum absolute atomic E-state index is 0.00324. The Hall–Kier alpha value is -2.50. The molecule has 1 atom stereocenters. The van der Waals surface area contributed by atoms with Gasteiger partial charge >= 0.3 is 12.1 Å². The van der Waals surface area contributed by atoms with E-state index in [1.165, 1.54) is 6.07 Å². The first-order valence-electron chi connectivity index (χ1n) is 9.30. The third-order valence-electron chi connectivity index (χ3n) is 4.66. The molecule has 0 aliphatic heterocycles. The Morgan fingerprint density at radius 2 is 1.79 bits per heavy atom. The summed E-state index contributed by atoms with van der Waals surface area (Å²) in [5.41, 5.74) is 6.20. The molecule has 2 aromatic carbocycles. The molecular weight excluding hydrogens is 367 g/mol. The van der Waals surface area contributed by atoms with E-state index >= 15 is 0 Å². The monoisotopic (exact) mass is 393 g/mol. The molecule has 0 amide bonds. The molecule has 152 valence electrons. The van der Waals surface area contributed by atoms with Crippen molar-refractivity contribution >= 4 is 11.7 Å². The maximum Gasteiger partial charge on any atom is 0.418 e. The molecule has 0 radical (unpaired) electrons. The molecular formula is C22H26F3NO2. The number of rotatable bonds is 6. The molecule has 3 nitrogen and oxygen atoms in total. The van der Waals surface area contributed by atoms with Gasteiger partial charge in [0.1, 0.15) is 0 Å². The van der Waals surface area contributed by atoms with E-state index in [1.54, 1.807) is 38.1 Å². The Morgan fingerprint density at radius 3 is 2.29 bits per heavy atom. The summed E-state index contributed by atoms with van der Waals surface area (Å²) in [5.74, 6) is -1.70. The average molecular weight is 393 g/mol. The summed E-state index contributed by atoms with van der Waals surface area (Å²) in [6.07, 6.45) is -4.44. The first-order chi connectivity index (χ1) is 13.1. The van der Waals surface area contributed by atoms with E-state index in [-0.39, 0.29) is 30.2 Å². The van der Waals surface area contributed by atoms with Gasteiger partial charge in [0.05, 0.1) is 18.1 Å². The zero-order valence-corrected chi connectivity index (χ0v) is 16.6. The second-order valence-electron chi connectivity index (χ2n) is 7.22. The van der Waals surface area contributed by atoms with Crippen molar-refractivity contribution in [2.24, 2.45) is 5.92 Å². The zero-order chi connectivity index (χ0) is 21.1. The predicted molar refractivity (Wildman–Crippen MR) is 105 cm³/mol. The Kier molecular flexibility index (Phi) is 6.75. The van der Waals surface area contributed by atoms with Gasteiger partial charge in [-0.1, -0.05) is 44.2 Å². The van der Waals surface area contributed by atoms with Crippen molar-refractivity contribution < 1.29 is 22.7 Å². The summed E-state index contributed by atoms with van der Waals surface area (Å²) in [7, 11) is 0. The number of benzene rings is 2. The molecule has 0 bridgehead atoms. The standard InChI is InChI=1S/C22H26F3NO2/c1-5-28-21(27)17(11-13(2)3)19-14(4)16(15-9-7-6-8-10-15)12-18(26)20(19)22(23,24)25/h6-10,12-13,17H,5,11,26H2,1-4H3. The molecule has 2 aromatic rings. The molecule has 0 spiro atoms. The molecule has 0 heterocycles. The third-order valence-corrected chi connectivity index (χ3v) is 4.66. The van der Waals surface area contributed by atoms with Gasteiger partial charge in [-0.2, -0.15) is 13.2 Å². The number of ether oxygens (including phenoxy) is 1. The van der Waals surface area contributed by atoms with Crippen molar-refractivity contribution in [1.82, 2.24) is 0 Å². The van der Waals surface area contributed by atoms with E-state index in [0.29, 0.717) is 11.1 Å². The lowest BCUT2D eigenvalue weighted by Gasteiger charge is -2.27. The third kappa shape index (κ3) is 4.66. The van der Waals surface area contributed by atoms with Crippen LogP contribution in [-0.2, 0) is 15.7 Å². The van der Waals surface area contributed by atoms with E-state index in [1.807, 2.05) is 19.9 Å². The highest BCUT2D eigenvalue weighted by Crippen LogP contribution is 2.45. The Labute approximate surface area is 163 Å². The van der Waals surface area contributed by atoms with Crippen LogP contribution in [0, 0.1) is 12.8 Å². The summed E-state index contributed by atoms with van der Waals surface area (Å²) < 4.78 is 46.9. The van der Waals surface area contributed by atoms with Crippen LogP contribution in [0.4, 0.5) is 18.9 Å². The van der Waals surface area contributed by atoms with Crippen molar-refractivity contribution in [3.63, 3.8) is 0 Å². The molecule has 2 N–H and O–H groups in total. The number of hydrogen-bond donors (Lipinski definition) is 1. The van der Waals surface area contributed by atoms with E-state index in [0.717, 1.165) is 5.56 Å². The fourth-order valence-electron chi connectivity index (χ4n) is 3.54. The lowest BCUT2D eigenvalue weighted by Crippen LogP contribution is -2.24. The number of nitrogens with two attached hydrogens (primary N) is 1. The maximum atomic E-state index is 13.9. The van der Waals surface area contributed by atoms with Crippen LogP contribution in [0.3, 0.4) is 0 Å². The number of esters is 1. The topological polar surface area (TPSA) is 52.3 Å². The number of carbonyl (C=O) groups is 1. The van der Waals surface area contributed by atoms with Gasteiger partial charge < -0.3 is 10.5 Å². The normalized spacial score (nSPS) is 12.9. The number of nitrogen functional groups attached to an aromatic ring is 1. The van der Waals surface area contributed by atoms with Gasteiger partial charge in [0, 0.05) is 5.69 Å². The minimum atomic E-state index is -4.68. The fourth-order valence-corrected chi connectivity index (χ4v) is 3.54. The maximum absolute atomic E-state index is 13.9. The molecule has 0 saturated heterocycles. The van der Waals surface area contributed by atoms with Crippen molar-refractivity contribution in [2.75, 3.05) is 12.3 Å². The van der Waals surface area contributed by atoms with E-state index < -0.39 is 23.6 Å². The van der Waals surface area contributed by atoms with E-state index in [2.05, 4.69) is 0 Å². The van der Waals surface area contributed by atoms with Gasteiger partial charge in [-0.15, -0.1) is 0 Å². The molecule has 0 saturated carbocycles. The van der Waals surface area contributed by atoms with Gasteiger partial charge in [0.25, 0.3) is 0 Å². The number of carbonyl (C=O) groups excluding carboxylic acids is 1. The Bertz CT molecular complexity index is 830. The van der Waals surface area contributed by atoms with Gasteiger partial charge in [0.15, 0.2) is 0 Å². The first kappa shape index (κ1) is 21.8. The van der Waals surface area contributed by atoms with Crippen LogP contribution in [0.1, 0.15) is 49.8 Å². The number of anilines is 1. The number of halogens is 3. The Morgan fingerprint density at radius 1 is 1.18 bits per heavy atom. The quantitative estimate of drug-likeness (QED) is 0.487. The number of hydrogen-bond acceptors (Lipinski definition) is 3. The highest BCUT2D eigenvalue weighted by Gasteiger charge is 2.41. The Balaban J connectivity index is 2.83. The van der Waals surface area contributed by atoms with Crippen molar-refractivity contribution in [3.8, 4) is 11.1 Å². The van der Waals surface area contributed by atoms with Crippen LogP contribution in [0.2, 0.25) is 0 Å². The summed E-state index contributed by atoms with van der Waals surface area (Å²) in [5, 5.41) is 0. The largest absolute Gasteiger partial charge is 0.466 e. The minimum Gasteiger partial charge on any atom is -0.466 e. The summed E-state index contributed by atoms with van der Waals surface area (Å²) in [6, 6.07) is 10.4. The van der Waals surface area contributed by atoms with Crippen molar-refractivity contribution in [3.05, 3.63) is 53.1 Å². The van der Waals surface area contributed by atoms with Crippen LogP contribution in [0.15, 0.2) is 36.4 Å². The second kappa shape index (κ2) is 8.67. The summed E-state index contributed by atoms with van der Waals surface area (Å²) >= 11 is 0. The zero-order valence-electron chi connectivity index (χ0n) is 16.6. The molecule has 0 aromatic heterocycles. The molecule has 1 unspecified atom stereocenters. The van der Waals surface area contributed by atoms with Crippen LogP contribution in [0.5, 0.6) is 0 Å². The lowest BCUT2D eigenvalue weighted by molar-refractivity contribution is -0.146. The molecule has 0 aliphatic carbocycles. The van der Waals surface area contributed by atoms with Crippen molar-refractivity contribution in [1.29, 1.82) is 0 Å². The van der Waals surface area contributed by atoms with Crippen LogP contribution in [0.25, 0.3) is 11.1 Å². The number of alkyl halides is 3. The highest BCUT2D eigenvalue weighted by molar-refractivity contribution is 5.84. The van der Waals surface area contributed by atoms with Crippen LogP contribution in [-0.4, -0.2) is 12.6 Å². The van der Waals surface area contributed by atoms with Crippen molar-refractivity contribution in [2.45, 2.75) is 46.2 Å². The summed E-state index contributed by atoms with van der Waals surface area (Å²) in [4.78, 5) is 12.6. The van der Waals surface area contributed by atoms with E-state index in [4.69, 9.17) is 10.5 Å². The summed E-state index contributed by atoms with van der Waals surface area (Å²) in [6.45, 7) is 7.07. The predicted octanol–water partition coefficient (Wildman–Crippen LogP) is 5.96. The van der Waals surface area contributed by atoms with Gasteiger partial charge in [-0.05, 0) is 54.5 Å². The first-order valence-corrected chi connectivity index (χ1v) is 9.30. The van der Waals surface area contributed by atoms with Crippen LogP contribution < -0.4 is 5.73 Å². The molecule has 6 heteroatoms. The smallest absolute Gasteiger partial charge is 0.418 e. The van der Waals surface area contributed by atoms with Crippen LogP contribution >= 0.6 is 0 Å². The van der Waals surface area contributed by atoms with E-state index in [9.17, 15) is 18.0 Å². The van der Waals surface area contributed by atoms with Gasteiger partial charge in [-0.3, -0.25) is 4.79 Å². The SMILES string of the molecule is CCOC(=O)C(CC(C)C)c1c(C)c(-c2ccccc2)cc(N)c1C(F)(F)F. The second-order valence-corrected chi connectivity index (χ2v) is 7.22. The molecule has 0 aliphatic rings. The molecule has 2 rings (SSSR count). The molecule has 28 heavy (non-hydrogen) atoms. The lowest BCUT2D eigenvalue weighted by atomic mass is 9.81. The molecule has 0 fully saturated rings. The average Bonchev–Trinajstić information content (AvgIpc) is 2.61. The fraction of sp³-hybridized carbons (Fsp3) is 0.409. The van der Waals surface area contributed by atoms with Gasteiger partial charge in [0.2, 0.25) is 0 Å².